The number of ketones is 1. The fourth-order valence-electron chi connectivity index (χ4n) is 2.85. The van der Waals surface area contributed by atoms with Gasteiger partial charge in [0.05, 0.1) is 5.25 Å². The van der Waals surface area contributed by atoms with Crippen LogP contribution in [-0.2, 0) is 21.1 Å². The van der Waals surface area contributed by atoms with Crippen LogP contribution in [0.2, 0.25) is 5.02 Å². The highest BCUT2D eigenvalue weighted by molar-refractivity contribution is 7.91. The second-order valence-electron chi connectivity index (χ2n) is 5.66. The molecule has 21 heavy (non-hydrogen) atoms. The minimum Gasteiger partial charge on any atom is -0.299 e. The van der Waals surface area contributed by atoms with Crippen molar-refractivity contribution in [2.75, 3.05) is 6.26 Å². The fourth-order valence-corrected chi connectivity index (χ4v) is 4.25. The molecule has 0 saturated heterocycles. The van der Waals surface area contributed by atoms with E-state index in [4.69, 9.17) is 11.6 Å². The van der Waals surface area contributed by atoms with Crippen molar-refractivity contribution in [2.45, 2.75) is 37.4 Å². The molecule has 0 bridgehead atoms. The van der Waals surface area contributed by atoms with E-state index in [0.29, 0.717) is 25.7 Å². The number of sulfone groups is 1. The largest absolute Gasteiger partial charge is 0.299 e. The third kappa shape index (κ3) is 4.04. The minimum absolute atomic E-state index is 0.0767. The highest BCUT2D eigenvalue weighted by Crippen LogP contribution is 2.31. The summed E-state index contributed by atoms with van der Waals surface area (Å²) in [5.74, 6) is -0.948. The van der Waals surface area contributed by atoms with E-state index >= 15 is 0 Å². The van der Waals surface area contributed by atoms with E-state index < -0.39 is 20.9 Å². The number of benzene rings is 1. The Hall–Kier alpha value is -0.940. The minimum atomic E-state index is -3.13. The molecule has 0 aliphatic heterocycles. The Labute approximate surface area is 129 Å². The maximum Gasteiger partial charge on any atom is 0.150 e. The van der Waals surface area contributed by atoms with Gasteiger partial charge in [-0.05, 0) is 31.4 Å². The van der Waals surface area contributed by atoms with Crippen LogP contribution in [0.3, 0.4) is 0 Å². The van der Waals surface area contributed by atoms with Crippen LogP contribution in [0.4, 0.5) is 4.39 Å². The Morgan fingerprint density at radius 2 is 2.10 bits per heavy atom. The van der Waals surface area contributed by atoms with Crippen molar-refractivity contribution in [3.63, 3.8) is 0 Å². The molecule has 0 radical (unpaired) electrons. The van der Waals surface area contributed by atoms with Crippen LogP contribution in [0.25, 0.3) is 0 Å². The van der Waals surface area contributed by atoms with E-state index in [-0.39, 0.29) is 28.7 Å². The standard InChI is InChI=1S/C15H18ClFO3S/c1-21(19,20)11-5-2-4-10(8-11)15(18)9-12-13(16)6-3-7-14(12)17/h3,6-7,10-11H,2,4-5,8-9H2,1H3. The Morgan fingerprint density at radius 1 is 1.38 bits per heavy atom. The maximum atomic E-state index is 13.7. The van der Waals surface area contributed by atoms with Gasteiger partial charge in [-0.1, -0.05) is 24.1 Å². The lowest BCUT2D eigenvalue weighted by Gasteiger charge is -2.27. The zero-order valence-corrected chi connectivity index (χ0v) is 13.4. The van der Waals surface area contributed by atoms with Crippen molar-refractivity contribution in [1.82, 2.24) is 0 Å². The topological polar surface area (TPSA) is 51.2 Å². The van der Waals surface area contributed by atoms with Gasteiger partial charge in [-0.15, -0.1) is 0 Å². The van der Waals surface area contributed by atoms with Crippen LogP contribution in [0.15, 0.2) is 18.2 Å². The Bertz CT molecular complexity index is 622. The lowest BCUT2D eigenvalue weighted by Crippen LogP contribution is -2.31. The van der Waals surface area contributed by atoms with Gasteiger partial charge in [0, 0.05) is 29.2 Å². The average molecular weight is 333 g/mol. The molecule has 2 atom stereocenters. The Morgan fingerprint density at radius 3 is 2.71 bits per heavy atom. The smallest absolute Gasteiger partial charge is 0.150 e. The van der Waals surface area contributed by atoms with Crippen LogP contribution < -0.4 is 0 Å². The normalized spacial score (nSPS) is 23.0. The van der Waals surface area contributed by atoms with E-state index in [9.17, 15) is 17.6 Å². The van der Waals surface area contributed by atoms with E-state index in [0.717, 1.165) is 0 Å². The number of carbonyl (C=O) groups excluding carboxylic acids is 1. The van der Waals surface area contributed by atoms with Crippen molar-refractivity contribution in [3.05, 3.63) is 34.6 Å². The van der Waals surface area contributed by atoms with Crippen molar-refractivity contribution in [3.8, 4) is 0 Å². The summed E-state index contributed by atoms with van der Waals surface area (Å²) in [6.45, 7) is 0. The molecule has 0 amide bonds. The van der Waals surface area contributed by atoms with E-state index in [1.165, 1.54) is 18.4 Å². The monoisotopic (exact) mass is 332 g/mol. The van der Waals surface area contributed by atoms with Crippen LogP contribution in [-0.4, -0.2) is 25.7 Å². The number of hydrogen-bond donors (Lipinski definition) is 0. The molecule has 0 spiro atoms. The lowest BCUT2D eigenvalue weighted by molar-refractivity contribution is -0.123. The van der Waals surface area contributed by atoms with Crippen LogP contribution in [0.1, 0.15) is 31.2 Å². The molecule has 1 aromatic rings. The van der Waals surface area contributed by atoms with Gasteiger partial charge in [-0.3, -0.25) is 4.79 Å². The first-order chi connectivity index (χ1) is 9.79. The predicted octanol–water partition coefficient (Wildman–Crippen LogP) is 3.19. The molecule has 1 aliphatic carbocycles. The molecule has 1 aliphatic rings. The summed E-state index contributed by atoms with van der Waals surface area (Å²) in [5.41, 5.74) is 0.200. The maximum absolute atomic E-state index is 13.7. The predicted molar refractivity (Wildman–Crippen MR) is 80.7 cm³/mol. The molecule has 1 fully saturated rings. The lowest BCUT2D eigenvalue weighted by atomic mass is 9.84. The van der Waals surface area contributed by atoms with Gasteiger partial charge in [0.1, 0.15) is 21.4 Å². The van der Waals surface area contributed by atoms with Crippen LogP contribution in [0.5, 0.6) is 0 Å². The van der Waals surface area contributed by atoms with Gasteiger partial charge in [0.25, 0.3) is 0 Å². The molecule has 3 nitrogen and oxygen atoms in total. The SMILES string of the molecule is CS(=O)(=O)C1CCCC(C(=O)Cc2c(F)cccc2Cl)C1. The third-order valence-electron chi connectivity index (χ3n) is 4.10. The van der Waals surface area contributed by atoms with Gasteiger partial charge in [-0.25, -0.2) is 12.8 Å². The molecule has 116 valence electrons. The first-order valence-corrected chi connectivity index (χ1v) is 9.26. The zero-order chi connectivity index (χ0) is 15.6. The Balaban J connectivity index is 2.10. The van der Waals surface area contributed by atoms with Gasteiger partial charge < -0.3 is 0 Å². The number of rotatable bonds is 4. The number of Topliss-reactive ketones (excluding diaryl/α,β-unsaturated/α-hetero) is 1. The van der Waals surface area contributed by atoms with Gasteiger partial charge >= 0.3 is 0 Å². The first kappa shape index (κ1) is 16.4. The van der Waals surface area contributed by atoms with E-state index in [1.54, 1.807) is 6.07 Å². The molecule has 1 saturated carbocycles. The molecule has 1 aromatic carbocycles. The van der Waals surface area contributed by atoms with Crippen molar-refractivity contribution in [1.29, 1.82) is 0 Å². The molecular weight excluding hydrogens is 315 g/mol. The second-order valence-corrected chi connectivity index (χ2v) is 8.39. The summed E-state index contributed by atoms with van der Waals surface area (Å²) in [6, 6.07) is 4.31. The molecule has 2 rings (SSSR count). The molecule has 6 heteroatoms. The van der Waals surface area contributed by atoms with Crippen molar-refractivity contribution < 1.29 is 17.6 Å². The number of hydrogen-bond acceptors (Lipinski definition) is 3. The summed E-state index contributed by atoms with van der Waals surface area (Å²) in [5, 5.41) is -0.227. The first-order valence-electron chi connectivity index (χ1n) is 6.93. The average Bonchev–Trinajstić information content (AvgIpc) is 2.42. The summed E-state index contributed by atoms with van der Waals surface area (Å²) in [4.78, 5) is 12.3. The molecule has 0 N–H and O–H groups in total. The molecule has 2 unspecified atom stereocenters. The van der Waals surface area contributed by atoms with Crippen molar-refractivity contribution >= 4 is 27.2 Å². The third-order valence-corrected chi connectivity index (χ3v) is 6.09. The van der Waals surface area contributed by atoms with Gasteiger partial charge in [0.2, 0.25) is 0 Å². The van der Waals surface area contributed by atoms with Crippen molar-refractivity contribution in [2.24, 2.45) is 5.92 Å². The molecule has 0 aromatic heterocycles. The van der Waals surface area contributed by atoms with Crippen LogP contribution in [0, 0.1) is 11.7 Å². The summed E-state index contributed by atoms with van der Waals surface area (Å²) in [6.07, 6.45) is 3.44. The summed E-state index contributed by atoms with van der Waals surface area (Å²) in [7, 11) is -3.13. The highest BCUT2D eigenvalue weighted by Gasteiger charge is 2.32. The van der Waals surface area contributed by atoms with E-state index in [1.807, 2.05) is 0 Å². The quantitative estimate of drug-likeness (QED) is 0.850. The fraction of sp³-hybridized carbons (Fsp3) is 0.533. The molecular formula is C15H18ClFO3S. The van der Waals surface area contributed by atoms with Crippen LogP contribution >= 0.6 is 11.6 Å². The molecule has 0 heterocycles. The summed E-state index contributed by atoms with van der Waals surface area (Å²) >= 11 is 5.93. The zero-order valence-electron chi connectivity index (χ0n) is 11.8. The number of carbonyl (C=O) groups is 1. The Kier molecular flexibility index (Phi) is 5.04. The highest BCUT2D eigenvalue weighted by atomic mass is 35.5. The summed E-state index contributed by atoms with van der Waals surface area (Å²) < 4.78 is 37.0. The number of halogens is 2. The van der Waals surface area contributed by atoms with E-state index in [2.05, 4.69) is 0 Å². The van der Waals surface area contributed by atoms with Gasteiger partial charge in [0.15, 0.2) is 0 Å². The van der Waals surface area contributed by atoms with Gasteiger partial charge in [-0.2, -0.15) is 0 Å². The second kappa shape index (κ2) is 6.44.